The molecule has 0 aliphatic heterocycles. The van der Waals surface area contributed by atoms with Crippen molar-refractivity contribution in [2.24, 2.45) is 0 Å². The van der Waals surface area contributed by atoms with Crippen molar-refractivity contribution in [3.63, 3.8) is 0 Å². The summed E-state index contributed by atoms with van der Waals surface area (Å²) in [6.07, 6.45) is 0. The molecule has 0 spiro atoms. The Kier molecular flexibility index (Phi) is 4.25. The van der Waals surface area contributed by atoms with Gasteiger partial charge < -0.3 is 10.4 Å². The van der Waals surface area contributed by atoms with Crippen LogP contribution in [0.3, 0.4) is 0 Å². The maximum Gasteiger partial charge on any atom is 0.255 e. The van der Waals surface area contributed by atoms with E-state index in [1.807, 2.05) is 13.8 Å². The Morgan fingerprint density at radius 2 is 1.90 bits per heavy atom. The lowest BCUT2D eigenvalue weighted by Gasteiger charge is -2.09. The molecule has 1 amide bonds. The molecule has 0 aliphatic rings. The average molecular weight is 291 g/mol. The fraction of sp³-hybridized carbons (Fsp3) is 0.200. The van der Waals surface area contributed by atoms with Crippen LogP contribution in [0, 0.1) is 0 Å². The number of phenolic OH excluding ortho intramolecular Hbond substituents is 1. The second-order valence-corrected chi connectivity index (χ2v) is 5.15. The molecule has 0 fully saturated rings. The molecule has 1 aromatic carbocycles. The minimum atomic E-state index is -0.262. The molecule has 2 aromatic rings. The smallest absolute Gasteiger partial charge is 0.255 e. The monoisotopic (exact) mass is 290 g/mol. The van der Waals surface area contributed by atoms with Crippen LogP contribution in [0.25, 0.3) is 0 Å². The fourth-order valence-electron chi connectivity index (χ4n) is 1.69. The molecule has 4 nitrogen and oxygen atoms in total. The van der Waals surface area contributed by atoms with Gasteiger partial charge in [-0.05, 0) is 42.3 Å². The highest BCUT2D eigenvalue weighted by molar-refractivity contribution is 6.29. The van der Waals surface area contributed by atoms with Crippen LogP contribution < -0.4 is 5.32 Å². The van der Waals surface area contributed by atoms with Gasteiger partial charge in [0.05, 0.1) is 0 Å². The van der Waals surface area contributed by atoms with Gasteiger partial charge in [-0.3, -0.25) is 4.79 Å². The number of halogens is 1. The molecule has 104 valence electrons. The zero-order valence-corrected chi connectivity index (χ0v) is 12.0. The summed E-state index contributed by atoms with van der Waals surface area (Å²) in [5, 5.41) is 12.2. The van der Waals surface area contributed by atoms with Gasteiger partial charge in [0.2, 0.25) is 0 Å². The Balaban J connectivity index is 2.22. The molecule has 5 heteroatoms. The number of rotatable bonds is 3. The number of hydrogen-bond donors (Lipinski definition) is 2. The molecule has 20 heavy (non-hydrogen) atoms. The van der Waals surface area contributed by atoms with E-state index in [1.165, 1.54) is 18.2 Å². The summed E-state index contributed by atoms with van der Waals surface area (Å²) in [7, 11) is 0. The van der Waals surface area contributed by atoms with Crippen molar-refractivity contribution in [3.05, 3.63) is 52.8 Å². The van der Waals surface area contributed by atoms with Crippen LogP contribution in [0.15, 0.2) is 36.4 Å². The lowest BCUT2D eigenvalue weighted by Crippen LogP contribution is -2.13. The first-order valence-electron chi connectivity index (χ1n) is 6.23. The first-order valence-corrected chi connectivity index (χ1v) is 6.61. The van der Waals surface area contributed by atoms with Gasteiger partial charge in [-0.1, -0.05) is 25.4 Å². The Morgan fingerprint density at radius 3 is 2.50 bits per heavy atom. The Hall–Kier alpha value is -2.07. The van der Waals surface area contributed by atoms with E-state index < -0.39 is 0 Å². The van der Waals surface area contributed by atoms with Crippen LogP contribution in [-0.2, 0) is 0 Å². The highest BCUT2D eigenvalue weighted by Crippen LogP contribution is 2.19. The molecule has 2 rings (SSSR count). The summed E-state index contributed by atoms with van der Waals surface area (Å²) >= 11 is 5.94. The molecular formula is C15H15ClN2O2. The SMILES string of the molecule is CC(C)c1cc(C(=O)Nc2ccc(O)cc2)cc(Cl)n1. The summed E-state index contributed by atoms with van der Waals surface area (Å²) in [6.45, 7) is 3.97. The lowest BCUT2D eigenvalue weighted by molar-refractivity contribution is 0.102. The van der Waals surface area contributed by atoms with Crippen LogP contribution in [0.4, 0.5) is 5.69 Å². The van der Waals surface area contributed by atoms with Crippen molar-refractivity contribution >= 4 is 23.2 Å². The summed E-state index contributed by atoms with van der Waals surface area (Å²) in [5.41, 5.74) is 1.84. The van der Waals surface area contributed by atoms with Gasteiger partial charge in [-0.2, -0.15) is 0 Å². The van der Waals surface area contributed by atoms with Gasteiger partial charge >= 0.3 is 0 Å². The van der Waals surface area contributed by atoms with Crippen molar-refractivity contribution in [1.29, 1.82) is 0 Å². The van der Waals surface area contributed by atoms with Crippen LogP contribution in [0.2, 0.25) is 5.15 Å². The first-order chi connectivity index (χ1) is 9.45. The van der Waals surface area contributed by atoms with Crippen molar-refractivity contribution in [2.45, 2.75) is 19.8 Å². The second-order valence-electron chi connectivity index (χ2n) is 4.76. The maximum atomic E-state index is 12.2. The van der Waals surface area contributed by atoms with Gasteiger partial charge in [0.1, 0.15) is 10.9 Å². The third kappa shape index (κ3) is 3.48. The number of nitrogens with one attached hydrogen (secondary N) is 1. The molecule has 1 aromatic heterocycles. The quantitative estimate of drug-likeness (QED) is 0.667. The summed E-state index contributed by atoms with van der Waals surface area (Å²) in [6, 6.07) is 9.53. The van der Waals surface area contributed by atoms with Gasteiger partial charge in [0.15, 0.2) is 0 Å². The lowest BCUT2D eigenvalue weighted by atomic mass is 10.1. The molecule has 0 atom stereocenters. The van der Waals surface area contributed by atoms with Gasteiger partial charge in [-0.15, -0.1) is 0 Å². The van der Waals surface area contributed by atoms with Crippen molar-refractivity contribution in [1.82, 2.24) is 4.98 Å². The Bertz CT molecular complexity index is 624. The number of nitrogens with zero attached hydrogens (tertiary/aromatic N) is 1. The van der Waals surface area contributed by atoms with E-state index in [4.69, 9.17) is 11.6 Å². The first kappa shape index (κ1) is 14.3. The number of pyridine rings is 1. The van der Waals surface area contributed by atoms with Crippen molar-refractivity contribution in [2.75, 3.05) is 5.32 Å². The molecular weight excluding hydrogens is 276 g/mol. The number of carbonyl (C=O) groups excluding carboxylic acids is 1. The largest absolute Gasteiger partial charge is 0.508 e. The second kappa shape index (κ2) is 5.92. The Morgan fingerprint density at radius 1 is 1.25 bits per heavy atom. The highest BCUT2D eigenvalue weighted by atomic mass is 35.5. The number of phenols is 1. The topological polar surface area (TPSA) is 62.2 Å². The predicted octanol–water partition coefficient (Wildman–Crippen LogP) is 3.82. The summed E-state index contributed by atoms with van der Waals surface area (Å²) in [4.78, 5) is 16.4. The highest BCUT2D eigenvalue weighted by Gasteiger charge is 2.11. The minimum absolute atomic E-state index is 0.150. The molecule has 0 radical (unpaired) electrons. The van der Waals surface area contributed by atoms with Gasteiger partial charge in [0, 0.05) is 16.9 Å². The minimum Gasteiger partial charge on any atom is -0.508 e. The maximum absolute atomic E-state index is 12.2. The van der Waals surface area contributed by atoms with Crippen molar-refractivity contribution < 1.29 is 9.90 Å². The normalized spacial score (nSPS) is 10.6. The number of hydrogen-bond acceptors (Lipinski definition) is 3. The number of aromatic nitrogens is 1. The van der Waals surface area contributed by atoms with E-state index >= 15 is 0 Å². The number of anilines is 1. The zero-order valence-electron chi connectivity index (χ0n) is 11.2. The van der Waals surface area contributed by atoms with Crippen LogP contribution in [0.1, 0.15) is 35.8 Å². The molecule has 0 saturated heterocycles. The van der Waals surface area contributed by atoms with E-state index in [1.54, 1.807) is 18.2 Å². The van der Waals surface area contributed by atoms with E-state index in [2.05, 4.69) is 10.3 Å². The summed E-state index contributed by atoms with van der Waals surface area (Å²) < 4.78 is 0. The van der Waals surface area contributed by atoms with E-state index in [0.717, 1.165) is 5.69 Å². The average Bonchev–Trinajstić information content (AvgIpc) is 2.40. The van der Waals surface area contributed by atoms with E-state index in [0.29, 0.717) is 16.4 Å². The Labute approximate surface area is 122 Å². The van der Waals surface area contributed by atoms with Crippen LogP contribution in [-0.4, -0.2) is 16.0 Å². The van der Waals surface area contributed by atoms with E-state index in [-0.39, 0.29) is 17.6 Å². The molecule has 0 bridgehead atoms. The predicted molar refractivity (Wildman–Crippen MR) is 79.4 cm³/mol. The molecule has 0 aliphatic carbocycles. The number of amides is 1. The summed E-state index contributed by atoms with van der Waals surface area (Å²) in [5.74, 6) is 0.0767. The van der Waals surface area contributed by atoms with Crippen LogP contribution >= 0.6 is 11.6 Å². The standard InChI is InChI=1S/C15H15ClN2O2/c1-9(2)13-7-10(8-14(16)18-13)15(20)17-11-3-5-12(19)6-4-11/h3-9,19H,1-2H3,(H,17,20). The van der Waals surface area contributed by atoms with E-state index in [9.17, 15) is 9.90 Å². The number of carbonyl (C=O) groups is 1. The third-order valence-electron chi connectivity index (χ3n) is 2.79. The van der Waals surface area contributed by atoms with Gasteiger partial charge in [0.25, 0.3) is 5.91 Å². The molecule has 2 N–H and O–H groups in total. The molecule has 1 heterocycles. The zero-order chi connectivity index (χ0) is 14.7. The van der Waals surface area contributed by atoms with Crippen molar-refractivity contribution in [3.8, 4) is 5.75 Å². The van der Waals surface area contributed by atoms with Crippen LogP contribution in [0.5, 0.6) is 5.75 Å². The number of benzene rings is 1. The number of aromatic hydroxyl groups is 1. The van der Waals surface area contributed by atoms with Gasteiger partial charge in [-0.25, -0.2) is 4.98 Å². The fourth-order valence-corrected chi connectivity index (χ4v) is 1.91. The molecule has 0 unspecified atom stereocenters. The molecule has 0 saturated carbocycles. The third-order valence-corrected chi connectivity index (χ3v) is 2.99.